The minimum atomic E-state index is 0.823. The molecule has 2 aromatic heterocycles. The summed E-state index contributed by atoms with van der Waals surface area (Å²) >= 11 is 0. The second-order valence-electron chi connectivity index (χ2n) is 4.34. The van der Waals surface area contributed by atoms with Crippen LogP contribution in [0.15, 0.2) is 61.1 Å². The van der Waals surface area contributed by atoms with Crippen LogP contribution < -0.4 is 0 Å². The lowest BCUT2D eigenvalue weighted by Gasteiger charge is -2.00. The Labute approximate surface area is 111 Å². The molecule has 4 heteroatoms. The quantitative estimate of drug-likeness (QED) is 0.714. The molecule has 3 aromatic rings. The summed E-state index contributed by atoms with van der Waals surface area (Å²) in [5, 5.41) is 8.36. The van der Waals surface area contributed by atoms with Crippen LogP contribution in [-0.2, 0) is 13.0 Å². The normalized spacial score (nSPS) is 10.5. The predicted octanol–water partition coefficient (Wildman–Crippen LogP) is 2.58. The molecule has 1 aromatic carbocycles. The van der Waals surface area contributed by atoms with Gasteiger partial charge in [-0.1, -0.05) is 35.5 Å². The van der Waals surface area contributed by atoms with Crippen molar-refractivity contribution < 1.29 is 0 Å². The molecule has 0 saturated heterocycles. The number of pyridine rings is 1. The molecule has 19 heavy (non-hydrogen) atoms. The van der Waals surface area contributed by atoms with Crippen molar-refractivity contribution in [2.75, 3.05) is 0 Å². The number of benzene rings is 1. The Kier molecular flexibility index (Phi) is 3.32. The minimum absolute atomic E-state index is 0.823. The zero-order chi connectivity index (χ0) is 12.9. The number of rotatable bonds is 4. The highest BCUT2D eigenvalue weighted by molar-refractivity contribution is 5.57. The standard InChI is InChI=1S/C15H14N4/c1-2-4-14(5-3-1)15-12-19(18-17-15)11-8-13-6-9-16-10-7-13/h1-7,9-10,12H,8,11H2. The topological polar surface area (TPSA) is 43.6 Å². The third-order valence-corrected chi connectivity index (χ3v) is 2.99. The molecule has 4 nitrogen and oxygen atoms in total. The first-order chi connectivity index (χ1) is 9.42. The Balaban J connectivity index is 1.69. The largest absolute Gasteiger partial charge is 0.265 e. The van der Waals surface area contributed by atoms with Gasteiger partial charge in [-0.25, -0.2) is 0 Å². The van der Waals surface area contributed by atoms with Gasteiger partial charge in [0.05, 0.1) is 6.20 Å². The minimum Gasteiger partial charge on any atom is -0.265 e. The molecule has 0 aliphatic carbocycles. The van der Waals surface area contributed by atoms with E-state index in [2.05, 4.69) is 15.3 Å². The molecular formula is C15H14N4. The second kappa shape index (κ2) is 5.44. The number of hydrogen-bond donors (Lipinski definition) is 0. The van der Waals surface area contributed by atoms with Crippen LogP contribution in [0.25, 0.3) is 11.3 Å². The van der Waals surface area contributed by atoms with Gasteiger partial charge in [0.15, 0.2) is 0 Å². The van der Waals surface area contributed by atoms with Gasteiger partial charge in [0.25, 0.3) is 0 Å². The number of aryl methyl sites for hydroxylation is 2. The Morgan fingerprint density at radius 3 is 2.53 bits per heavy atom. The first kappa shape index (κ1) is 11.6. The molecule has 0 amide bonds. The first-order valence-corrected chi connectivity index (χ1v) is 6.26. The summed E-state index contributed by atoms with van der Waals surface area (Å²) in [6.45, 7) is 0.823. The van der Waals surface area contributed by atoms with E-state index in [0.29, 0.717) is 0 Å². The van der Waals surface area contributed by atoms with Crippen molar-refractivity contribution >= 4 is 0 Å². The van der Waals surface area contributed by atoms with Gasteiger partial charge < -0.3 is 0 Å². The Morgan fingerprint density at radius 1 is 0.947 bits per heavy atom. The molecule has 0 aliphatic rings. The molecule has 3 rings (SSSR count). The van der Waals surface area contributed by atoms with Gasteiger partial charge in [-0.05, 0) is 24.1 Å². The van der Waals surface area contributed by atoms with E-state index in [4.69, 9.17) is 0 Å². The number of aromatic nitrogens is 4. The second-order valence-corrected chi connectivity index (χ2v) is 4.34. The van der Waals surface area contributed by atoms with Crippen LogP contribution in [0.2, 0.25) is 0 Å². The van der Waals surface area contributed by atoms with E-state index in [1.807, 2.05) is 65.7 Å². The van der Waals surface area contributed by atoms with Crippen LogP contribution in [0, 0.1) is 0 Å². The lowest BCUT2D eigenvalue weighted by Crippen LogP contribution is -2.01. The average Bonchev–Trinajstić information content (AvgIpc) is 2.96. The van der Waals surface area contributed by atoms with Crippen molar-refractivity contribution in [2.24, 2.45) is 0 Å². The maximum Gasteiger partial charge on any atom is 0.113 e. The van der Waals surface area contributed by atoms with Crippen molar-refractivity contribution in [2.45, 2.75) is 13.0 Å². The fourth-order valence-corrected chi connectivity index (χ4v) is 1.94. The summed E-state index contributed by atoms with van der Waals surface area (Å²) in [5.41, 5.74) is 3.26. The highest BCUT2D eigenvalue weighted by Crippen LogP contribution is 2.14. The maximum atomic E-state index is 4.20. The van der Waals surface area contributed by atoms with E-state index in [0.717, 1.165) is 24.2 Å². The zero-order valence-corrected chi connectivity index (χ0v) is 10.5. The first-order valence-electron chi connectivity index (χ1n) is 6.26. The van der Waals surface area contributed by atoms with Crippen molar-refractivity contribution in [1.29, 1.82) is 0 Å². The highest BCUT2D eigenvalue weighted by atomic mass is 15.4. The van der Waals surface area contributed by atoms with Crippen LogP contribution >= 0.6 is 0 Å². The number of hydrogen-bond acceptors (Lipinski definition) is 3. The van der Waals surface area contributed by atoms with E-state index < -0.39 is 0 Å². The van der Waals surface area contributed by atoms with Gasteiger partial charge in [0, 0.05) is 24.5 Å². The summed E-state index contributed by atoms with van der Waals surface area (Å²) in [6.07, 6.45) is 6.54. The monoisotopic (exact) mass is 250 g/mol. The van der Waals surface area contributed by atoms with E-state index in [1.54, 1.807) is 0 Å². The molecule has 0 spiro atoms. The molecule has 0 unspecified atom stereocenters. The summed E-state index contributed by atoms with van der Waals surface area (Å²) in [7, 11) is 0. The Morgan fingerprint density at radius 2 is 1.74 bits per heavy atom. The van der Waals surface area contributed by atoms with Gasteiger partial charge in [0.1, 0.15) is 5.69 Å². The van der Waals surface area contributed by atoms with Crippen molar-refractivity contribution in [3.8, 4) is 11.3 Å². The molecule has 94 valence electrons. The fourth-order valence-electron chi connectivity index (χ4n) is 1.94. The molecule has 2 heterocycles. The van der Waals surface area contributed by atoms with E-state index in [9.17, 15) is 0 Å². The van der Waals surface area contributed by atoms with E-state index in [1.165, 1.54) is 5.56 Å². The van der Waals surface area contributed by atoms with Crippen molar-refractivity contribution in [3.05, 3.63) is 66.6 Å². The fraction of sp³-hybridized carbons (Fsp3) is 0.133. The molecule has 0 atom stereocenters. The summed E-state index contributed by atoms with van der Waals surface area (Å²) in [6, 6.07) is 14.1. The van der Waals surface area contributed by atoms with Gasteiger partial charge in [-0.15, -0.1) is 5.10 Å². The smallest absolute Gasteiger partial charge is 0.113 e. The highest BCUT2D eigenvalue weighted by Gasteiger charge is 2.03. The third kappa shape index (κ3) is 2.85. The predicted molar refractivity (Wildman–Crippen MR) is 73.4 cm³/mol. The van der Waals surface area contributed by atoms with Gasteiger partial charge in [-0.2, -0.15) is 0 Å². The third-order valence-electron chi connectivity index (χ3n) is 2.99. The van der Waals surface area contributed by atoms with Crippen LogP contribution in [-0.4, -0.2) is 20.0 Å². The van der Waals surface area contributed by atoms with Gasteiger partial charge >= 0.3 is 0 Å². The molecular weight excluding hydrogens is 236 g/mol. The van der Waals surface area contributed by atoms with Crippen molar-refractivity contribution in [3.63, 3.8) is 0 Å². The van der Waals surface area contributed by atoms with Crippen LogP contribution in [0.1, 0.15) is 5.56 Å². The van der Waals surface area contributed by atoms with Crippen LogP contribution in [0.4, 0.5) is 0 Å². The van der Waals surface area contributed by atoms with Crippen LogP contribution in [0.3, 0.4) is 0 Å². The summed E-state index contributed by atoms with van der Waals surface area (Å²) in [4.78, 5) is 4.01. The van der Waals surface area contributed by atoms with Gasteiger partial charge in [0.2, 0.25) is 0 Å². The molecule has 0 bridgehead atoms. The average molecular weight is 250 g/mol. The molecule has 0 saturated carbocycles. The lowest BCUT2D eigenvalue weighted by molar-refractivity contribution is 0.589. The van der Waals surface area contributed by atoms with E-state index in [-0.39, 0.29) is 0 Å². The number of nitrogens with zero attached hydrogens (tertiary/aromatic N) is 4. The Hall–Kier alpha value is -2.49. The van der Waals surface area contributed by atoms with Crippen molar-refractivity contribution in [1.82, 2.24) is 20.0 Å². The molecule has 0 radical (unpaired) electrons. The molecule has 0 aliphatic heterocycles. The van der Waals surface area contributed by atoms with Crippen LogP contribution in [0.5, 0.6) is 0 Å². The zero-order valence-electron chi connectivity index (χ0n) is 10.5. The SMILES string of the molecule is c1ccc(-c2cn(CCc3ccncc3)nn2)cc1. The maximum absolute atomic E-state index is 4.20. The summed E-state index contributed by atoms with van der Waals surface area (Å²) < 4.78 is 1.88. The molecule has 0 N–H and O–H groups in total. The lowest BCUT2D eigenvalue weighted by atomic mass is 10.2. The van der Waals surface area contributed by atoms with E-state index >= 15 is 0 Å². The van der Waals surface area contributed by atoms with Gasteiger partial charge in [-0.3, -0.25) is 9.67 Å². The Bertz CT molecular complexity index is 632. The molecule has 0 fully saturated rings. The summed E-state index contributed by atoms with van der Waals surface area (Å²) in [5.74, 6) is 0.